The number of carbonyl (C=O) groups excluding carboxylic acids is 2. The summed E-state index contributed by atoms with van der Waals surface area (Å²) in [4.78, 5) is 27.9. The van der Waals surface area contributed by atoms with E-state index in [0.717, 1.165) is 37.5 Å². The molecular formula is C28H35N5O4S. The van der Waals surface area contributed by atoms with Crippen LogP contribution in [-0.4, -0.2) is 56.7 Å². The summed E-state index contributed by atoms with van der Waals surface area (Å²) in [6, 6.07) is 14.0. The Kier molecular flexibility index (Phi) is 8.69. The zero-order valence-corrected chi connectivity index (χ0v) is 22.7. The van der Waals surface area contributed by atoms with Gasteiger partial charge in [0.25, 0.3) is 5.91 Å². The van der Waals surface area contributed by atoms with Gasteiger partial charge < -0.3 is 15.5 Å². The van der Waals surface area contributed by atoms with Crippen molar-refractivity contribution in [2.24, 2.45) is 0 Å². The van der Waals surface area contributed by atoms with Crippen LogP contribution in [0.15, 0.2) is 42.5 Å². The first-order valence-corrected chi connectivity index (χ1v) is 15.0. The topological polar surface area (TPSA) is 131 Å². The highest BCUT2D eigenvalue weighted by Crippen LogP contribution is 2.29. The lowest BCUT2D eigenvalue weighted by Crippen LogP contribution is -2.53. The number of piperidine rings is 1. The highest BCUT2D eigenvalue weighted by molar-refractivity contribution is 7.88. The van der Waals surface area contributed by atoms with Crippen LogP contribution in [-0.2, 0) is 10.0 Å². The maximum Gasteiger partial charge on any atom is 0.319 e. The van der Waals surface area contributed by atoms with Crippen LogP contribution in [0.3, 0.4) is 0 Å². The fourth-order valence-electron chi connectivity index (χ4n) is 5.36. The van der Waals surface area contributed by atoms with Crippen molar-refractivity contribution in [1.29, 1.82) is 5.26 Å². The first-order valence-electron chi connectivity index (χ1n) is 13.1. The Morgan fingerprint density at radius 1 is 0.974 bits per heavy atom. The molecular weight excluding hydrogens is 502 g/mol. The predicted molar refractivity (Wildman–Crippen MR) is 146 cm³/mol. The Morgan fingerprint density at radius 3 is 2.26 bits per heavy atom. The molecule has 4 rings (SSSR count). The van der Waals surface area contributed by atoms with Crippen LogP contribution >= 0.6 is 0 Å². The van der Waals surface area contributed by atoms with Crippen LogP contribution in [0.1, 0.15) is 71.5 Å². The lowest BCUT2D eigenvalue weighted by Gasteiger charge is -2.33. The summed E-state index contributed by atoms with van der Waals surface area (Å²) in [7, 11) is -3.38. The van der Waals surface area contributed by atoms with Gasteiger partial charge in [-0.25, -0.2) is 17.9 Å². The summed E-state index contributed by atoms with van der Waals surface area (Å²) in [5.41, 5.74) is 3.71. The van der Waals surface area contributed by atoms with Gasteiger partial charge in [0.1, 0.15) is 0 Å². The molecule has 1 aliphatic heterocycles. The molecule has 10 heteroatoms. The Bertz CT molecular complexity index is 1310. The van der Waals surface area contributed by atoms with Crippen molar-refractivity contribution in [2.45, 2.75) is 63.5 Å². The SMILES string of the molecule is Cc1ccc(C(=O)N2CCC(c3ccc(C#N)cc3)CC2)cc1NC(=O)NC1CCCCC1NS(C)(=O)=O. The van der Waals surface area contributed by atoms with Gasteiger partial charge in [-0.1, -0.05) is 31.0 Å². The van der Waals surface area contributed by atoms with Crippen molar-refractivity contribution in [3.05, 3.63) is 64.7 Å². The second-order valence-electron chi connectivity index (χ2n) is 10.3. The van der Waals surface area contributed by atoms with Gasteiger partial charge >= 0.3 is 6.03 Å². The molecule has 1 heterocycles. The average molecular weight is 538 g/mol. The molecule has 2 atom stereocenters. The van der Waals surface area contributed by atoms with Crippen molar-refractivity contribution in [3.8, 4) is 6.07 Å². The molecule has 2 aromatic rings. The van der Waals surface area contributed by atoms with Crippen molar-refractivity contribution in [1.82, 2.24) is 14.9 Å². The summed E-state index contributed by atoms with van der Waals surface area (Å²) in [5.74, 6) is 0.281. The Hall–Kier alpha value is -3.42. The number of nitriles is 1. The van der Waals surface area contributed by atoms with Gasteiger partial charge in [0.15, 0.2) is 0 Å². The Labute approximate surface area is 224 Å². The third-order valence-corrected chi connectivity index (χ3v) is 8.20. The van der Waals surface area contributed by atoms with E-state index in [-0.39, 0.29) is 18.0 Å². The standard InChI is InChI=1S/C28H35N5O4S/c1-19-7-10-23(27(34)33-15-13-22(14-16-33)21-11-8-20(18-29)9-12-21)17-26(19)31-28(35)30-24-5-3-4-6-25(24)32-38(2,36)37/h7-12,17,22,24-25,32H,3-6,13-16H2,1-2H3,(H2,30,31,35). The molecule has 2 aromatic carbocycles. The molecule has 202 valence electrons. The quantitative estimate of drug-likeness (QED) is 0.515. The number of carbonyl (C=O) groups is 2. The molecule has 3 N–H and O–H groups in total. The molecule has 1 saturated carbocycles. The second kappa shape index (κ2) is 12.0. The fraction of sp³-hybridized carbons (Fsp3) is 0.464. The lowest BCUT2D eigenvalue weighted by atomic mass is 9.89. The van der Waals surface area contributed by atoms with E-state index in [1.807, 2.05) is 42.2 Å². The molecule has 3 amide bonds. The van der Waals surface area contributed by atoms with Crippen molar-refractivity contribution in [2.75, 3.05) is 24.7 Å². The largest absolute Gasteiger partial charge is 0.339 e. The van der Waals surface area contributed by atoms with E-state index in [2.05, 4.69) is 21.4 Å². The van der Waals surface area contributed by atoms with Crippen LogP contribution in [0.4, 0.5) is 10.5 Å². The summed E-state index contributed by atoms with van der Waals surface area (Å²) in [6.07, 6.45) is 6.00. The molecule has 1 saturated heterocycles. The van der Waals surface area contributed by atoms with E-state index in [4.69, 9.17) is 5.26 Å². The third kappa shape index (κ3) is 7.11. The molecule has 1 aliphatic carbocycles. The number of hydrogen-bond acceptors (Lipinski definition) is 5. The first-order chi connectivity index (χ1) is 18.1. The number of aryl methyl sites for hydroxylation is 1. The molecule has 0 spiro atoms. The van der Waals surface area contributed by atoms with Crippen LogP contribution in [0.2, 0.25) is 0 Å². The average Bonchev–Trinajstić information content (AvgIpc) is 2.90. The number of sulfonamides is 1. The third-order valence-electron chi connectivity index (χ3n) is 7.47. The van der Waals surface area contributed by atoms with Crippen LogP contribution in [0.25, 0.3) is 0 Å². The van der Waals surface area contributed by atoms with E-state index >= 15 is 0 Å². The van der Waals surface area contributed by atoms with Crippen molar-refractivity contribution < 1.29 is 18.0 Å². The summed E-state index contributed by atoms with van der Waals surface area (Å²) in [6.45, 7) is 3.13. The number of rotatable bonds is 6. The number of hydrogen-bond donors (Lipinski definition) is 3. The van der Waals surface area contributed by atoms with Gasteiger partial charge in [-0.15, -0.1) is 0 Å². The maximum absolute atomic E-state index is 13.3. The molecule has 0 bridgehead atoms. The minimum absolute atomic E-state index is 0.0727. The number of nitrogens with zero attached hydrogens (tertiary/aromatic N) is 2. The Morgan fingerprint density at radius 2 is 1.63 bits per heavy atom. The van der Waals surface area contributed by atoms with Gasteiger partial charge in [0, 0.05) is 36.4 Å². The smallest absolute Gasteiger partial charge is 0.319 e. The van der Waals surface area contributed by atoms with Crippen LogP contribution < -0.4 is 15.4 Å². The molecule has 0 radical (unpaired) electrons. The van der Waals surface area contributed by atoms with E-state index < -0.39 is 16.1 Å². The molecule has 0 aromatic heterocycles. The minimum Gasteiger partial charge on any atom is -0.339 e. The van der Waals surface area contributed by atoms with Crippen molar-refractivity contribution >= 4 is 27.6 Å². The number of amides is 3. The highest BCUT2D eigenvalue weighted by Gasteiger charge is 2.29. The zero-order chi connectivity index (χ0) is 27.3. The van der Waals surface area contributed by atoms with Gasteiger partial charge in [0.2, 0.25) is 10.0 Å². The van der Waals surface area contributed by atoms with E-state index in [1.165, 1.54) is 5.56 Å². The highest BCUT2D eigenvalue weighted by atomic mass is 32.2. The van der Waals surface area contributed by atoms with Crippen LogP contribution in [0, 0.1) is 18.3 Å². The number of benzene rings is 2. The van der Waals surface area contributed by atoms with Gasteiger partial charge in [0.05, 0.1) is 17.9 Å². The van der Waals surface area contributed by atoms with E-state index in [9.17, 15) is 18.0 Å². The summed E-state index contributed by atoms with van der Waals surface area (Å²) < 4.78 is 26.1. The van der Waals surface area contributed by atoms with Gasteiger partial charge in [-0.2, -0.15) is 5.26 Å². The normalized spacial score (nSPS) is 20.4. The molecule has 2 aliphatic rings. The van der Waals surface area contributed by atoms with Crippen molar-refractivity contribution in [3.63, 3.8) is 0 Å². The van der Waals surface area contributed by atoms with Gasteiger partial charge in [-0.05, 0) is 73.9 Å². The molecule has 9 nitrogen and oxygen atoms in total. The lowest BCUT2D eigenvalue weighted by molar-refractivity contribution is 0.0713. The predicted octanol–water partition coefficient (Wildman–Crippen LogP) is 3.87. The Balaban J connectivity index is 1.36. The fourth-order valence-corrected chi connectivity index (χ4v) is 6.20. The summed E-state index contributed by atoms with van der Waals surface area (Å²) in [5, 5.41) is 14.8. The number of urea groups is 1. The monoisotopic (exact) mass is 537 g/mol. The number of nitrogens with one attached hydrogen (secondary N) is 3. The minimum atomic E-state index is -3.38. The van der Waals surface area contributed by atoms with Crippen LogP contribution in [0.5, 0.6) is 0 Å². The molecule has 38 heavy (non-hydrogen) atoms. The summed E-state index contributed by atoms with van der Waals surface area (Å²) >= 11 is 0. The number of anilines is 1. The van der Waals surface area contributed by atoms with E-state index in [0.29, 0.717) is 48.7 Å². The van der Waals surface area contributed by atoms with E-state index in [1.54, 1.807) is 12.1 Å². The number of likely N-dealkylation sites (tertiary alicyclic amines) is 1. The zero-order valence-electron chi connectivity index (χ0n) is 21.9. The maximum atomic E-state index is 13.3. The van der Waals surface area contributed by atoms with Gasteiger partial charge in [-0.3, -0.25) is 4.79 Å². The molecule has 2 unspecified atom stereocenters. The first kappa shape index (κ1) is 27.6. The molecule has 2 fully saturated rings. The second-order valence-corrected chi connectivity index (χ2v) is 12.1.